The van der Waals surface area contributed by atoms with Gasteiger partial charge in [-0.05, 0) is 6.42 Å². The van der Waals surface area contributed by atoms with Crippen LogP contribution in [0.5, 0.6) is 0 Å². The first-order valence-electron chi connectivity index (χ1n) is 5.59. The Morgan fingerprint density at radius 2 is 2.25 bits per heavy atom. The number of carbonyl (C=O) groups is 2. The summed E-state index contributed by atoms with van der Waals surface area (Å²) < 4.78 is 5.15. The van der Waals surface area contributed by atoms with Crippen LogP contribution in [-0.2, 0) is 14.3 Å². The van der Waals surface area contributed by atoms with E-state index in [2.05, 4.69) is 16.0 Å². The Balaban J connectivity index is 2.15. The fourth-order valence-electron chi connectivity index (χ4n) is 1.35. The number of hydrogen-bond acceptors (Lipinski definition) is 4. The van der Waals surface area contributed by atoms with E-state index < -0.39 is 0 Å². The minimum Gasteiger partial charge on any atom is -0.378 e. The molecule has 1 aliphatic rings. The smallest absolute Gasteiger partial charge is 0.239 e. The van der Waals surface area contributed by atoms with Crippen molar-refractivity contribution in [1.29, 1.82) is 0 Å². The van der Waals surface area contributed by atoms with Crippen molar-refractivity contribution >= 4 is 11.8 Å². The maximum absolute atomic E-state index is 11.5. The molecular formula is C10H19N3O3. The maximum Gasteiger partial charge on any atom is 0.239 e. The molecule has 1 heterocycles. The van der Waals surface area contributed by atoms with E-state index in [9.17, 15) is 9.59 Å². The molecule has 0 aromatic rings. The van der Waals surface area contributed by atoms with Crippen molar-refractivity contribution in [3.63, 3.8) is 0 Å². The van der Waals surface area contributed by atoms with Gasteiger partial charge in [0.05, 0.1) is 19.8 Å². The fourth-order valence-corrected chi connectivity index (χ4v) is 1.35. The van der Waals surface area contributed by atoms with Gasteiger partial charge in [-0.3, -0.25) is 9.59 Å². The summed E-state index contributed by atoms with van der Waals surface area (Å²) in [6.45, 7) is 4.29. The number of rotatable bonds is 5. The molecule has 3 N–H and O–H groups in total. The summed E-state index contributed by atoms with van der Waals surface area (Å²) in [6.07, 6.45) is 0.887. The van der Waals surface area contributed by atoms with Crippen molar-refractivity contribution in [2.75, 3.05) is 32.8 Å². The van der Waals surface area contributed by atoms with Gasteiger partial charge in [-0.25, -0.2) is 0 Å². The molecule has 1 rings (SSSR count). The zero-order valence-electron chi connectivity index (χ0n) is 9.54. The van der Waals surface area contributed by atoms with Crippen LogP contribution in [0, 0.1) is 0 Å². The molecule has 0 spiro atoms. The van der Waals surface area contributed by atoms with E-state index in [1.54, 1.807) is 0 Å². The van der Waals surface area contributed by atoms with E-state index in [1.165, 1.54) is 0 Å². The van der Waals surface area contributed by atoms with Crippen LogP contribution in [0.4, 0.5) is 0 Å². The van der Waals surface area contributed by atoms with Gasteiger partial charge in [0, 0.05) is 13.1 Å². The summed E-state index contributed by atoms with van der Waals surface area (Å²) in [5.41, 5.74) is 0. The van der Waals surface area contributed by atoms with Crippen LogP contribution in [0.3, 0.4) is 0 Å². The van der Waals surface area contributed by atoms with Gasteiger partial charge in [-0.1, -0.05) is 6.92 Å². The molecule has 16 heavy (non-hydrogen) atoms. The Labute approximate surface area is 95.1 Å². The number of nitrogens with one attached hydrogen (secondary N) is 3. The second kappa shape index (κ2) is 7.19. The summed E-state index contributed by atoms with van der Waals surface area (Å²) in [5.74, 6) is -0.349. The van der Waals surface area contributed by atoms with Gasteiger partial charge < -0.3 is 20.7 Å². The van der Waals surface area contributed by atoms with Crippen LogP contribution in [0.2, 0.25) is 0 Å². The molecule has 0 aromatic carbocycles. The molecule has 1 aliphatic heterocycles. The minimum atomic E-state index is -0.340. The van der Waals surface area contributed by atoms with E-state index in [1.807, 2.05) is 6.92 Å². The third-order valence-electron chi connectivity index (χ3n) is 2.23. The summed E-state index contributed by atoms with van der Waals surface area (Å²) in [7, 11) is 0. The average Bonchev–Trinajstić information content (AvgIpc) is 2.34. The Morgan fingerprint density at radius 3 is 2.88 bits per heavy atom. The van der Waals surface area contributed by atoms with Crippen LogP contribution >= 0.6 is 0 Å². The number of amides is 2. The topological polar surface area (TPSA) is 79.5 Å². The molecular weight excluding hydrogens is 210 g/mol. The Morgan fingerprint density at radius 1 is 1.44 bits per heavy atom. The fraction of sp³-hybridized carbons (Fsp3) is 0.800. The second-order valence-electron chi connectivity index (χ2n) is 3.65. The quantitative estimate of drug-likeness (QED) is 0.543. The van der Waals surface area contributed by atoms with Gasteiger partial charge in [-0.15, -0.1) is 0 Å². The van der Waals surface area contributed by atoms with Crippen LogP contribution in [0.1, 0.15) is 13.3 Å². The SMILES string of the molecule is CCCNC(=O)CNC(=O)C1COCCN1. The van der Waals surface area contributed by atoms with E-state index in [4.69, 9.17) is 4.74 Å². The first kappa shape index (κ1) is 12.9. The van der Waals surface area contributed by atoms with Crippen LogP contribution in [-0.4, -0.2) is 50.7 Å². The average molecular weight is 229 g/mol. The standard InChI is InChI=1S/C10H19N3O3/c1-2-3-12-9(14)6-13-10(15)8-7-16-5-4-11-8/h8,11H,2-7H2,1H3,(H,12,14)(H,13,15). The lowest BCUT2D eigenvalue weighted by molar-refractivity contribution is -0.129. The molecule has 92 valence electrons. The normalized spacial score (nSPS) is 20.2. The monoisotopic (exact) mass is 229 g/mol. The van der Waals surface area contributed by atoms with Crippen molar-refractivity contribution < 1.29 is 14.3 Å². The first-order valence-corrected chi connectivity index (χ1v) is 5.59. The van der Waals surface area contributed by atoms with Crippen molar-refractivity contribution in [2.45, 2.75) is 19.4 Å². The van der Waals surface area contributed by atoms with Crippen LogP contribution in [0.15, 0.2) is 0 Å². The highest BCUT2D eigenvalue weighted by molar-refractivity contribution is 5.87. The lowest BCUT2D eigenvalue weighted by atomic mass is 10.2. The number of carbonyl (C=O) groups excluding carboxylic acids is 2. The predicted molar refractivity (Wildman–Crippen MR) is 58.9 cm³/mol. The molecule has 0 aromatic heterocycles. The maximum atomic E-state index is 11.5. The van der Waals surface area contributed by atoms with Gasteiger partial charge in [0.1, 0.15) is 6.04 Å². The molecule has 0 bridgehead atoms. The number of ether oxygens (including phenoxy) is 1. The molecule has 1 atom stereocenters. The third-order valence-corrected chi connectivity index (χ3v) is 2.23. The molecule has 1 fully saturated rings. The third kappa shape index (κ3) is 4.59. The van der Waals surface area contributed by atoms with Crippen molar-refractivity contribution in [2.24, 2.45) is 0 Å². The van der Waals surface area contributed by atoms with E-state index >= 15 is 0 Å². The van der Waals surface area contributed by atoms with Gasteiger partial charge >= 0.3 is 0 Å². The molecule has 2 amide bonds. The van der Waals surface area contributed by atoms with E-state index in [0.717, 1.165) is 6.42 Å². The van der Waals surface area contributed by atoms with Gasteiger partial charge in [0.2, 0.25) is 11.8 Å². The van der Waals surface area contributed by atoms with Crippen LogP contribution < -0.4 is 16.0 Å². The van der Waals surface area contributed by atoms with Gasteiger partial charge in [0.25, 0.3) is 0 Å². The first-order chi connectivity index (χ1) is 7.74. The zero-order valence-corrected chi connectivity index (χ0v) is 9.54. The lowest BCUT2D eigenvalue weighted by Gasteiger charge is -2.22. The molecule has 1 saturated heterocycles. The minimum absolute atomic E-state index is 0.0248. The molecule has 0 aliphatic carbocycles. The van der Waals surface area contributed by atoms with Crippen molar-refractivity contribution in [3.05, 3.63) is 0 Å². The molecule has 6 heteroatoms. The zero-order chi connectivity index (χ0) is 11.8. The Hall–Kier alpha value is -1.14. The van der Waals surface area contributed by atoms with Crippen LogP contribution in [0.25, 0.3) is 0 Å². The highest BCUT2D eigenvalue weighted by atomic mass is 16.5. The lowest BCUT2D eigenvalue weighted by Crippen LogP contribution is -2.52. The largest absolute Gasteiger partial charge is 0.378 e. The highest BCUT2D eigenvalue weighted by Crippen LogP contribution is 1.92. The molecule has 1 unspecified atom stereocenters. The van der Waals surface area contributed by atoms with Crippen molar-refractivity contribution in [1.82, 2.24) is 16.0 Å². The highest BCUT2D eigenvalue weighted by Gasteiger charge is 2.21. The number of morpholine rings is 1. The number of hydrogen-bond donors (Lipinski definition) is 3. The molecule has 6 nitrogen and oxygen atoms in total. The van der Waals surface area contributed by atoms with Gasteiger partial charge in [0.15, 0.2) is 0 Å². The summed E-state index contributed by atoms with van der Waals surface area (Å²) in [6, 6.07) is -0.340. The predicted octanol–water partition coefficient (Wildman–Crippen LogP) is -1.38. The van der Waals surface area contributed by atoms with Crippen molar-refractivity contribution in [3.8, 4) is 0 Å². The molecule has 0 saturated carbocycles. The Bertz CT molecular complexity index is 239. The Kier molecular flexibility index (Phi) is 5.81. The summed E-state index contributed by atoms with van der Waals surface area (Å²) in [5, 5.41) is 8.27. The summed E-state index contributed by atoms with van der Waals surface area (Å²) in [4.78, 5) is 22.8. The van der Waals surface area contributed by atoms with E-state index in [0.29, 0.717) is 26.3 Å². The van der Waals surface area contributed by atoms with Gasteiger partial charge in [-0.2, -0.15) is 0 Å². The molecule has 0 radical (unpaired) electrons. The van der Waals surface area contributed by atoms with E-state index in [-0.39, 0.29) is 24.4 Å². The second-order valence-corrected chi connectivity index (χ2v) is 3.65. The summed E-state index contributed by atoms with van der Waals surface area (Å²) >= 11 is 0.